The van der Waals surface area contributed by atoms with Gasteiger partial charge in [-0.15, -0.1) is 11.3 Å². The van der Waals surface area contributed by atoms with Gasteiger partial charge >= 0.3 is 0 Å². The minimum atomic E-state index is -0.594. The molecule has 2 N–H and O–H groups in total. The maximum absolute atomic E-state index is 13.4. The van der Waals surface area contributed by atoms with Gasteiger partial charge in [0.2, 0.25) is 0 Å². The van der Waals surface area contributed by atoms with Gasteiger partial charge in [-0.3, -0.25) is 9.59 Å². The molecule has 2 amide bonds. The highest BCUT2D eigenvalue weighted by Gasteiger charge is 2.62. The Morgan fingerprint density at radius 1 is 1.29 bits per heavy atom. The molecule has 148 valence electrons. The topological polar surface area (TPSA) is 80.3 Å². The van der Waals surface area contributed by atoms with Gasteiger partial charge in [-0.05, 0) is 44.7 Å². The van der Waals surface area contributed by atoms with Crippen LogP contribution in [-0.4, -0.2) is 34.5 Å². The highest BCUT2D eigenvalue weighted by molar-refractivity contribution is 7.13. The van der Waals surface area contributed by atoms with Gasteiger partial charge in [-0.25, -0.2) is 9.37 Å². The van der Waals surface area contributed by atoms with Crippen molar-refractivity contribution < 1.29 is 18.7 Å². The average Bonchev–Trinajstić information content (AvgIpc) is 3.29. The molecule has 1 aromatic carbocycles. The van der Waals surface area contributed by atoms with Crippen LogP contribution >= 0.6 is 22.9 Å². The van der Waals surface area contributed by atoms with Gasteiger partial charge in [0.1, 0.15) is 11.6 Å². The Bertz CT molecular complexity index is 942. The van der Waals surface area contributed by atoms with Gasteiger partial charge in [-0.2, -0.15) is 0 Å². The summed E-state index contributed by atoms with van der Waals surface area (Å²) >= 11 is 6.99. The molecule has 0 saturated heterocycles. The normalized spacial score (nSPS) is 25.1. The molecule has 3 aliphatic carbocycles. The fourth-order valence-electron chi connectivity index (χ4n) is 4.18. The van der Waals surface area contributed by atoms with Crippen LogP contribution < -0.4 is 15.4 Å². The van der Waals surface area contributed by atoms with Crippen LogP contribution in [0.3, 0.4) is 0 Å². The molecule has 28 heavy (non-hydrogen) atoms. The summed E-state index contributed by atoms with van der Waals surface area (Å²) in [5, 5.41) is 6.57. The van der Waals surface area contributed by atoms with Crippen LogP contribution in [0, 0.1) is 12.7 Å². The number of aromatic nitrogens is 1. The number of carbonyl (C=O) groups is 2. The van der Waals surface area contributed by atoms with E-state index in [1.54, 1.807) is 6.20 Å². The third-order valence-electron chi connectivity index (χ3n) is 5.30. The molecule has 1 heterocycles. The SMILES string of the molecule is Cc1cnc(C(=O)NC23CCC(NC(=O)COc4ccc(Cl)c(F)c4)(C2)C3)s1. The summed E-state index contributed by atoms with van der Waals surface area (Å²) in [6.07, 6.45) is 4.68. The second-order valence-corrected chi connectivity index (χ2v) is 9.20. The summed E-state index contributed by atoms with van der Waals surface area (Å²) in [7, 11) is 0. The Morgan fingerprint density at radius 3 is 2.64 bits per heavy atom. The molecule has 0 atom stereocenters. The molecule has 3 saturated carbocycles. The van der Waals surface area contributed by atoms with Gasteiger partial charge in [0, 0.05) is 28.2 Å². The number of thiazole rings is 1. The van der Waals surface area contributed by atoms with E-state index in [0.717, 1.165) is 23.8 Å². The molecule has 2 aromatic rings. The molecule has 0 spiro atoms. The largest absolute Gasteiger partial charge is 0.484 e. The number of halogens is 2. The van der Waals surface area contributed by atoms with E-state index in [0.29, 0.717) is 17.8 Å². The molecule has 3 fully saturated rings. The molecule has 0 radical (unpaired) electrons. The van der Waals surface area contributed by atoms with Crippen molar-refractivity contribution in [3.8, 4) is 5.75 Å². The van der Waals surface area contributed by atoms with E-state index >= 15 is 0 Å². The standard InChI is InChI=1S/C19H19ClFN3O3S/c1-11-7-22-17(28-11)16(26)24-19-5-4-18(9-19,10-19)23-15(25)8-27-12-2-3-13(20)14(21)6-12/h2-3,6-7H,4-5,8-10H2,1H3,(H,23,25)(H,24,26). The van der Waals surface area contributed by atoms with Crippen LogP contribution in [0.25, 0.3) is 0 Å². The van der Waals surface area contributed by atoms with Crippen molar-refractivity contribution in [2.45, 2.75) is 43.7 Å². The Hall–Kier alpha value is -2.19. The summed E-state index contributed by atoms with van der Waals surface area (Å²) in [4.78, 5) is 29.7. The number of carbonyl (C=O) groups excluding carboxylic acids is 2. The van der Waals surface area contributed by atoms with E-state index in [4.69, 9.17) is 16.3 Å². The molecule has 2 bridgehead atoms. The number of hydrogen-bond donors (Lipinski definition) is 2. The Kier molecular flexibility index (Phi) is 4.79. The number of benzene rings is 1. The first kappa shape index (κ1) is 19.1. The molecule has 6 nitrogen and oxygen atoms in total. The zero-order chi connectivity index (χ0) is 19.9. The van der Waals surface area contributed by atoms with Gasteiger partial charge in [0.15, 0.2) is 11.6 Å². The minimum absolute atomic E-state index is 0.00223. The van der Waals surface area contributed by atoms with E-state index in [-0.39, 0.29) is 40.3 Å². The van der Waals surface area contributed by atoms with E-state index in [1.165, 1.54) is 23.5 Å². The van der Waals surface area contributed by atoms with Gasteiger partial charge in [0.05, 0.1) is 5.02 Å². The van der Waals surface area contributed by atoms with Crippen LogP contribution in [-0.2, 0) is 4.79 Å². The Morgan fingerprint density at radius 2 is 2.00 bits per heavy atom. The molecule has 3 aliphatic rings. The fourth-order valence-corrected chi connectivity index (χ4v) is 4.96. The lowest BCUT2D eigenvalue weighted by atomic mass is 9.71. The lowest BCUT2D eigenvalue weighted by Crippen LogP contribution is -2.64. The zero-order valence-electron chi connectivity index (χ0n) is 15.2. The summed E-state index contributed by atoms with van der Waals surface area (Å²) < 4.78 is 18.8. The van der Waals surface area contributed by atoms with Crippen molar-refractivity contribution in [2.24, 2.45) is 0 Å². The summed E-state index contributed by atoms with van der Waals surface area (Å²) in [6, 6.07) is 4.04. The predicted molar refractivity (Wildman–Crippen MR) is 103 cm³/mol. The molecule has 5 rings (SSSR count). The zero-order valence-corrected chi connectivity index (χ0v) is 16.8. The van der Waals surface area contributed by atoms with E-state index in [2.05, 4.69) is 15.6 Å². The predicted octanol–water partition coefficient (Wildman–Crippen LogP) is 3.23. The first-order valence-corrected chi connectivity index (χ1v) is 10.1. The van der Waals surface area contributed by atoms with Crippen molar-refractivity contribution in [1.29, 1.82) is 0 Å². The highest BCUT2D eigenvalue weighted by Crippen LogP contribution is 2.55. The number of ether oxygens (including phenoxy) is 1. The minimum Gasteiger partial charge on any atom is -0.484 e. The molecule has 0 aliphatic heterocycles. The van der Waals surface area contributed by atoms with Crippen molar-refractivity contribution >= 4 is 34.8 Å². The molecule has 0 unspecified atom stereocenters. The van der Waals surface area contributed by atoms with E-state index < -0.39 is 5.82 Å². The van der Waals surface area contributed by atoms with Crippen molar-refractivity contribution in [3.05, 3.63) is 45.1 Å². The Balaban J connectivity index is 1.28. The van der Waals surface area contributed by atoms with Crippen LogP contribution in [0.2, 0.25) is 5.02 Å². The number of nitrogens with one attached hydrogen (secondary N) is 2. The first-order chi connectivity index (χ1) is 13.3. The number of hydrogen-bond acceptors (Lipinski definition) is 5. The molecular weight excluding hydrogens is 405 g/mol. The third-order valence-corrected chi connectivity index (χ3v) is 6.51. The van der Waals surface area contributed by atoms with E-state index in [9.17, 15) is 14.0 Å². The average molecular weight is 424 g/mol. The van der Waals surface area contributed by atoms with Gasteiger partial charge in [0.25, 0.3) is 11.8 Å². The lowest BCUT2D eigenvalue weighted by molar-refractivity contribution is -0.126. The van der Waals surface area contributed by atoms with Crippen LogP contribution in [0.4, 0.5) is 4.39 Å². The summed E-state index contributed by atoms with van der Waals surface area (Å²) in [5.74, 6) is -0.778. The molecule has 1 aromatic heterocycles. The number of aryl methyl sites for hydroxylation is 1. The van der Waals surface area contributed by atoms with Crippen LogP contribution in [0.1, 0.15) is 40.4 Å². The van der Waals surface area contributed by atoms with Gasteiger partial charge < -0.3 is 15.4 Å². The highest BCUT2D eigenvalue weighted by atomic mass is 35.5. The van der Waals surface area contributed by atoms with E-state index in [1.807, 2.05) is 6.92 Å². The van der Waals surface area contributed by atoms with Crippen molar-refractivity contribution in [2.75, 3.05) is 6.61 Å². The second-order valence-electron chi connectivity index (χ2n) is 7.56. The third kappa shape index (κ3) is 3.71. The first-order valence-electron chi connectivity index (χ1n) is 8.92. The Labute approximate surface area is 170 Å². The summed E-state index contributed by atoms with van der Waals surface area (Å²) in [5.41, 5.74) is -0.581. The number of fused-ring (bicyclic) bond motifs is 1. The quantitative estimate of drug-likeness (QED) is 0.747. The molecule has 9 heteroatoms. The van der Waals surface area contributed by atoms with Crippen molar-refractivity contribution in [3.63, 3.8) is 0 Å². The van der Waals surface area contributed by atoms with Crippen LogP contribution in [0.5, 0.6) is 5.75 Å². The fraction of sp³-hybridized carbons (Fsp3) is 0.421. The monoisotopic (exact) mass is 423 g/mol. The van der Waals surface area contributed by atoms with Gasteiger partial charge in [-0.1, -0.05) is 11.6 Å². The van der Waals surface area contributed by atoms with Crippen LogP contribution in [0.15, 0.2) is 24.4 Å². The number of amides is 2. The smallest absolute Gasteiger partial charge is 0.280 e. The summed E-state index contributed by atoms with van der Waals surface area (Å²) in [6.45, 7) is 1.70. The van der Waals surface area contributed by atoms with Crippen molar-refractivity contribution in [1.82, 2.24) is 15.6 Å². The molecular formula is C19H19ClFN3O3S. The maximum atomic E-state index is 13.4. The maximum Gasteiger partial charge on any atom is 0.280 e. The lowest BCUT2D eigenvalue weighted by Gasteiger charge is -2.47. The number of rotatable bonds is 6. The number of nitrogens with zero attached hydrogens (tertiary/aromatic N) is 1. The second kappa shape index (κ2) is 7.00.